The summed E-state index contributed by atoms with van der Waals surface area (Å²) in [6.07, 6.45) is 4.85. The average molecular weight is 549 g/mol. The zero-order valence-corrected chi connectivity index (χ0v) is 20.2. The molecule has 0 saturated heterocycles. The van der Waals surface area contributed by atoms with E-state index in [1.807, 2.05) is 0 Å². The van der Waals surface area contributed by atoms with Gasteiger partial charge in [0.25, 0.3) is 0 Å². The Labute approximate surface area is 187 Å². The molecule has 150 valence electrons. The predicted octanol–water partition coefficient (Wildman–Crippen LogP) is 3.65. The molecule has 1 heterocycles. The van der Waals surface area contributed by atoms with Crippen molar-refractivity contribution in [1.29, 1.82) is 0 Å². The number of hydrogen-bond donors (Lipinski definition) is 2. The third-order valence-electron chi connectivity index (χ3n) is 4.43. The summed E-state index contributed by atoms with van der Waals surface area (Å²) in [6.45, 7) is 6.83. The van der Waals surface area contributed by atoms with Crippen LogP contribution in [-0.4, -0.2) is 40.9 Å². The SMILES string of the molecule is CCc1nncn1CCNC(=NC)NCC(CC)Cc1cccc(Br)c1.I. The smallest absolute Gasteiger partial charge is 0.191 e. The van der Waals surface area contributed by atoms with Gasteiger partial charge in [-0.3, -0.25) is 4.99 Å². The van der Waals surface area contributed by atoms with Crippen LogP contribution in [0.25, 0.3) is 0 Å². The molecule has 1 aromatic carbocycles. The Hall–Kier alpha value is -1.16. The third-order valence-corrected chi connectivity index (χ3v) is 4.92. The number of benzene rings is 1. The molecule has 1 atom stereocenters. The fourth-order valence-corrected chi connectivity index (χ4v) is 3.30. The second kappa shape index (κ2) is 13.1. The summed E-state index contributed by atoms with van der Waals surface area (Å²) in [7, 11) is 1.81. The molecule has 1 aromatic heterocycles. The zero-order chi connectivity index (χ0) is 18.8. The standard InChI is InChI=1S/C19H29BrN6.HI/c1-4-15(11-16-7-6-8-17(20)12-16)13-23-19(21-3)22-9-10-26-14-24-25-18(26)5-2;/h6-8,12,14-15H,4-5,9-11,13H2,1-3H3,(H2,21,22,23);1H. The molecule has 1 unspecified atom stereocenters. The first-order valence-corrected chi connectivity index (χ1v) is 10.0. The van der Waals surface area contributed by atoms with E-state index in [0.717, 1.165) is 55.2 Å². The molecule has 0 fully saturated rings. The van der Waals surface area contributed by atoms with Gasteiger partial charge in [0.2, 0.25) is 0 Å². The van der Waals surface area contributed by atoms with E-state index >= 15 is 0 Å². The maximum atomic E-state index is 4.32. The van der Waals surface area contributed by atoms with Crippen molar-refractivity contribution in [2.75, 3.05) is 20.1 Å². The molecule has 0 spiro atoms. The molecular weight excluding hydrogens is 519 g/mol. The highest BCUT2D eigenvalue weighted by atomic mass is 127. The number of halogens is 2. The van der Waals surface area contributed by atoms with E-state index in [0.29, 0.717) is 5.92 Å². The fourth-order valence-electron chi connectivity index (χ4n) is 2.85. The quantitative estimate of drug-likeness (QED) is 0.285. The molecule has 2 rings (SSSR count). The van der Waals surface area contributed by atoms with Crippen molar-refractivity contribution in [1.82, 2.24) is 25.4 Å². The van der Waals surface area contributed by atoms with Crippen LogP contribution in [0.1, 0.15) is 31.7 Å². The lowest BCUT2D eigenvalue weighted by Crippen LogP contribution is -2.41. The van der Waals surface area contributed by atoms with Gasteiger partial charge in [0, 0.05) is 37.6 Å². The van der Waals surface area contributed by atoms with E-state index in [1.54, 1.807) is 13.4 Å². The Balaban J connectivity index is 0.00000364. The molecule has 0 amide bonds. The largest absolute Gasteiger partial charge is 0.356 e. The van der Waals surface area contributed by atoms with Gasteiger partial charge in [0.05, 0.1) is 0 Å². The van der Waals surface area contributed by atoms with Crippen LogP contribution in [0.4, 0.5) is 0 Å². The number of guanidine groups is 1. The van der Waals surface area contributed by atoms with Crippen LogP contribution in [0.2, 0.25) is 0 Å². The number of aliphatic imine (C=N–C) groups is 1. The van der Waals surface area contributed by atoms with Gasteiger partial charge >= 0.3 is 0 Å². The van der Waals surface area contributed by atoms with E-state index in [4.69, 9.17) is 0 Å². The first kappa shape index (κ1) is 23.9. The minimum Gasteiger partial charge on any atom is -0.356 e. The van der Waals surface area contributed by atoms with Crippen molar-refractivity contribution in [3.8, 4) is 0 Å². The number of aromatic nitrogens is 3. The molecular formula is C19H30BrIN6. The van der Waals surface area contributed by atoms with Gasteiger partial charge in [-0.1, -0.05) is 48.3 Å². The molecule has 6 nitrogen and oxygen atoms in total. The number of rotatable bonds is 9. The van der Waals surface area contributed by atoms with Crippen molar-refractivity contribution in [2.45, 2.75) is 39.7 Å². The zero-order valence-electron chi connectivity index (χ0n) is 16.3. The van der Waals surface area contributed by atoms with E-state index in [1.165, 1.54) is 5.56 Å². The molecule has 8 heteroatoms. The van der Waals surface area contributed by atoms with Gasteiger partial charge < -0.3 is 15.2 Å². The normalized spacial score (nSPS) is 12.4. The summed E-state index contributed by atoms with van der Waals surface area (Å²) >= 11 is 3.55. The third kappa shape index (κ3) is 8.16. The number of hydrogen-bond acceptors (Lipinski definition) is 3. The molecule has 0 aliphatic carbocycles. The summed E-state index contributed by atoms with van der Waals surface area (Å²) in [4.78, 5) is 4.32. The Morgan fingerprint density at radius 2 is 2.11 bits per heavy atom. The van der Waals surface area contributed by atoms with Crippen LogP contribution < -0.4 is 10.6 Å². The van der Waals surface area contributed by atoms with E-state index in [9.17, 15) is 0 Å². The van der Waals surface area contributed by atoms with E-state index in [-0.39, 0.29) is 24.0 Å². The second-order valence-electron chi connectivity index (χ2n) is 6.28. The van der Waals surface area contributed by atoms with Gasteiger partial charge in [-0.25, -0.2) is 0 Å². The van der Waals surface area contributed by atoms with Crippen LogP contribution in [0.15, 0.2) is 40.1 Å². The molecule has 0 saturated carbocycles. The maximum Gasteiger partial charge on any atom is 0.191 e. The van der Waals surface area contributed by atoms with Gasteiger partial charge in [0.1, 0.15) is 12.2 Å². The van der Waals surface area contributed by atoms with Crippen LogP contribution in [0.3, 0.4) is 0 Å². The lowest BCUT2D eigenvalue weighted by atomic mass is 9.97. The second-order valence-corrected chi connectivity index (χ2v) is 7.20. The first-order chi connectivity index (χ1) is 12.7. The van der Waals surface area contributed by atoms with Crippen molar-refractivity contribution >= 4 is 45.9 Å². The van der Waals surface area contributed by atoms with Gasteiger partial charge in [-0.05, 0) is 30.0 Å². The van der Waals surface area contributed by atoms with Crippen LogP contribution >= 0.6 is 39.9 Å². The predicted molar refractivity (Wildman–Crippen MR) is 126 cm³/mol. The Morgan fingerprint density at radius 3 is 2.78 bits per heavy atom. The summed E-state index contributed by atoms with van der Waals surface area (Å²) in [5.41, 5.74) is 1.36. The molecule has 0 radical (unpaired) electrons. The summed E-state index contributed by atoms with van der Waals surface area (Å²) < 4.78 is 3.21. The van der Waals surface area contributed by atoms with Crippen molar-refractivity contribution in [2.24, 2.45) is 10.9 Å². The molecule has 2 aromatic rings. The Bertz CT molecular complexity index is 703. The van der Waals surface area contributed by atoms with Crippen molar-refractivity contribution < 1.29 is 0 Å². The molecule has 0 aliphatic heterocycles. The lowest BCUT2D eigenvalue weighted by molar-refractivity contribution is 0.492. The topological polar surface area (TPSA) is 67.1 Å². The van der Waals surface area contributed by atoms with Gasteiger partial charge in [-0.15, -0.1) is 34.2 Å². The number of aryl methyl sites for hydroxylation is 1. The minimum atomic E-state index is 0. The van der Waals surface area contributed by atoms with Crippen molar-refractivity contribution in [3.63, 3.8) is 0 Å². The summed E-state index contributed by atoms with van der Waals surface area (Å²) in [5.74, 6) is 2.41. The average Bonchev–Trinajstić information content (AvgIpc) is 3.10. The highest BCUT2D eigenvalue weighted by Crippen LogP contribution is 2.16. The Morgan fingerprint density at radius 1 is 1.30 bits per heavy atom. The van der Waals surface area contributed by atoms with E-state index in [2.05, 4.69) is 84.4 Å². The van der Waals surface area contributed by atoms with Gasteiger partial charge in [-0.2, -0.15) is 0 Å². The highest BCUT2D eigenvalue weighted by Gasteiger charge is 2.09. The summed E-state index contributed by atoms with van der Waals surface area (Å²) in [6, 6.07) is 8.54. The lowest BCUT2D eigenvalue weighted by Gasteiger charge is -2.18. The number of nitrogens with one attached hydrogen (secondary N) is 2. The minimum absolute atomic E-state index is 0. The highest BCUT2D eigenvalue weighted by molar-refractivity contribution is 14.0. The molecule has 0 bridgehead atoms. The molecule has 27 heavy (non-hydrogen) atoms. The van der Waals surface area contributed by atoms with Crippen LogP contribution in [0.5, 0.6) is 0 Å². The van der Waals surface area contributed by atoms with Gasteiger partial charge in [0.15, 0.2) is 5.96 Å². The monoisotopic (exact) mass is 548 g/mol. The van der Waals surface area contributed by atoms with E-state index < -0.39 is 0 Å². The summed E-state index contributed by atoms with van der Waals surface area (Å²) in [5, 5.41) is 14.9. The maximum absolute atomic E-state index is 4.32. The molecule has 2 N–H and O–H groups in total. The fraction of sp³-hybridized carbons (Fsp3) is 0.526. The number of nitrogens with zero attached hydrogens (tertiary/aromatic N) is 4. The Kier molecular flexibility index (Phi) is 11.6. The van der Waals surface area contributed by atoms with Crippen LogP contribution in [-0.2, 0) is 19.4 Å². The molecule has 0 aliphatic rings. The van der Waals surface area contributed by atoms with Crippen LogP contribution in [0, 0.1) is 5.92 Å². The first-order valence-electron chi connectivity index (χ1n) is 9.21. The van der Waals surface area contributed by atoms with Crippen molar-refractivity contribution in [3.05, 3.63) is 46.5 Å².